The summed E-state index contributed by atoms with van der Waals surface area (Å²) in [6.07, 6.45) is 0. The number of hydrogen-bond acceptors (Lipinski definition) is 6. The molecule has 1 unspecified atom stereocenters. The Labute approximate surface area is 142 Å². The van der Waals surface area contributed by atoms with Crippen LogP contribution in [0.1, 0.15) is 48.5 Å². The summed E-state index contributed by atoms with van der Waals surface area (Å²) in [5.41, 5.74) is 11.1. The lowest BCUT2D eigenvalue weighted by atomic mass is 9.88. The molecule has 0 aromatic carbocycles. The lowest BCUT2D eigenvalue weighted by Crippen LogP contribution is -2.41. The van der Waals surface area contributed by atoms with Crippen molar-refractivity contribution in [1.82, 2.24) is 0 Å². The molecule has 0 amide bonds. The standard InChI is InChI=1S/C6H16N2.4C2H4O2/c1-6(2,3)5(8)4-7;4*1-2(3)4/h5H,4,7-8H2,1-3H3;4*1H3,(H,3,4). The zero-order valence-corrected chi connectivity index (χ0v) is 15.4. The summed E-state index contributed by atoms with van der Waals surface area (Å²) < 4.78 is 0. The number of nitrogens with two attached hydrogens (primary N) is 2. The van der Waals surface area contributed by atoms with Gasteiger partial charge in [-0.05, 0) is 5.41 Å². The molecule has 0 bridgehead atoms. The Morgan fingerprint density at radius 2 is 0.875 bits per heavy atom. The topological polar surface area (TPSA) is 201 Å². The van der Waals surface area contributed by atoms with Gasteiger partial charge in [0.2, 0.25) is 0 Å². The minimum absolute atomic E-state index is 0.127. The molecule has 0 aromatic rings. The van der Waals surface area contributed by atoms with Crippen LogP contribution < -0.4 is 11.5 Å². The third kappa shape index (κ3) is 208. The molecular formula is C14H32N2O8. The van der Waals surface area contributed by atoms with Crippen LogP contribution in [-0.4, -0.2) is 56.9 Å². The summed E-state index contributed by atoms with van der Waals surface area (Å²) in [7, 11) is 0. The normalized spacial score (nSPS) is 9.54. The minimum Gasteiger partial charge on any atom is -0.481 e. The van der Waals surface area contributed by atoms with Gasteiger partial charge in [-0.3, -0.25) is 19.2 Å². The SMILES string of the molecule is CC(=O)O.CC(=O)O.CC(=O)O.CC(=O)O.CC(C)(C)C(N)CN. The van der Waals surface area contributed by atoms with E-state index < -0.39 is 23.9 Å². The van der Waals surface area contributed by atoms with E-state index in [0.717, 1.165) is 27.7 Å². The van der Waals surface area contributed by atoms with E-state index in [4.69, 9.17) is 51.1 Å². The molecule has 0 rings (SSSR count). The highest BCUT2D eigenvalue weighted by Crippen LogP contribution is 2.15. The maximum Gasteiger partial charge on any atom is 0.300 e. The molecule has 8 N–H and O–H groups in total. The number of carbonyl (C=O) groups is 4. The molecule has 0 aliphatic rings. The molecule has 1 atom stereocenters. The molecule has 0 saturated heterocycles. The predicted molar refractivity (Wildman–Crippen MR) is 89.7 cm³/mol. The lowest BCUT2D eigenvalue weighted by Gasteiger charge is -2.25. The second-order valence-corrected chi connectivity index (χ2v) is 5.28. The molecule has 10 heteroatoms. The summed E-state index contributed by atoms with van der Waals surface area (Å²) in [6, 6.07) is 0.127. The fourth-order valence-corrected chi connectivity index (χ4v) is 0.354. The van der Waals surface area contributed by atoms with Gasteiger partial charge in [-0.15, -0.1) is 0 Å². The Kier molecular flexibility index (Phi) is 29.0. The van der Waals surface area contributed by atoms with Crippen molar-refractivity contribution >= 4 is 23.9 Å². The van der Waals surface area contributed by atoms with E-state index in [1.54, 1.807) is 0 Å². The molecule has 0 saturated carbocycles. The predicted octanol–water partition coefficient (Wildman–Crippen LogP) is 0.682. The van der Waals surface area contributed by atoms with Crippen LogP contribution in [0.15, 0.2) is 0 Å². The van der Waals surface area contributed by atoms with Gasteiger partial charge in [0.25, 0.3) is 23.9 Å². The lowest BCUT2D eigenvalue weighted by molar-refractivity contribution is -0.135. The highest BCUT2D eigenvalue weighted by molar-refractivity contribution is 5.63. The quantitative estimate of drug-likeness (QED) is 0.388. The average molecular weight is 356 g/mol. The van der Waals surface area contributed by atoms with Gasteiger partial charge < -0.3 is 31.9 Å². The first-order valence-electron chi connectivity index (χ1n) is 6.65. The Hall–Kier alpha value is -2.20. The van der Waals surface area contributed by atoms with E-state index in [0.29, 0.717) is 6.54 Å². The number of aliphatic carboxylic acids is 4. The van der Waals surface area contributed by atoms with Crippen LogP contribution in [0.4, 0.5) is 0 Å². The third-order valence-electron chi connectivity index (χ3n) is 1.37. The summed E-state index contributed by atoms with van der Waals surface area (Å²) in [5, 5.41) is 29.7. The van der Waals surface area contributed by atoms with Crippen LogP contribution in [0.3, 0.4) is 0 Å². The van der Waals surface area contributed by atoms with E-state index in [1.807, 2.05) is 0 Å². The van der Waals surface area contributed by atoms with Crippen molar-refractivity contribution in [2.24, 2.45) is 16.9 Å². The van der Waals surface area contributed by atoms with Crippen molar-refractivity contribution in [1.29, 1.82) is 0 Å². The number of carboxylic acid groups (broad SMARTS) is 4. The molecule has 0 aromatic heterocycles. The third-order valence-corrected chi connectivity index (χ3v) is 1.37. The summed E-state index contributed by atoms with van der Waals surface area (Å²) in [6.45, 7) is 11.2. The molecule has 0 fully saturated rings. The van der Waals surface area contributed by atoms with Crippen molar-refractivity contribution in [3.63, 3.8) is 0 Å². The van der Waals surface area contributed by atoms with E-state index in [2.05, 4.69) is 20.8 Å². The van der Waals surface area contributed by atoms with Crippen LogP contribution in [0, 0.1) is 5.41 Å². The van der Waals surface area contributed by atoms with Crippen LogP contribution in [0.25, 0.3) is 0 Å². The molecule has 0 radical (unpaired) electrons. The fraction of sp³-hybridized carbons (Fsp3) is 0.714. The maximum atomic E-state index is 9.00. The first-order chi connectivity index (χ1) is 10.4. The minimum atomic E-state index is -0.833. The van der Waals surface area contributed by atoms with Gasteiger partial charge in [0.05, 0.1) is 0 Å². The van der Waals surface area contributed by atoms with Crippen molar-refractivity contribution in [3.8, 4) is 0 Å². The van der Waals surface area contributed by atoms with Crippen molar-refractivity contribution < 1.29 is 39.6 Å². The second kappa shape index (κ2) is 20.8. The van der Waals surface area contributed by atoms with Crippen molar-refractivity contribution in [2.75, 3.05) is 6.54 Å². The van der Waals surface area contributed by atoms with Gasteiger partial charge in [0, 0.05) is 40.3 Å². The van der Waals surface area contributed by atoms with Crippen LogP contribution in [0.5, 0.6) is 0 Å². The first-order valence-corrected chi connectivity index (χ1v) is 6.65. The molecule has 0 aliphatic carbocycles. The van der Waals surface area contributed by atoms with Gasteiger partial charge in [0.15, 0.2) is 0 Å². The maximum absolute atomic E-state index is 9.00. The van der Waals surface area contributed by atoms with Gasteiger partial charge >= 0.3 is 0 Å². The molecule has 24 heavy (non-hydrogen) atoms. The Morgan fingerprint density at radius 1 is 0.750 bits per heavy atom. The van der Waals surface area contributed by atoms with Gasteiger partial charge in [-0.25, -0.2) is 0 Å². The van der Waals surface area contributed by atoms with Gasteiger partial charge in [-0.2, -0.15) is 0 Å². The highest BCUT2D eigenvalue weighted by Gasteiger charge is 2.17. The molecule has 146 valence electrons. The number of rotatable bonds is 1. The van der Waals surface area contributed by atoms with E-state index in [1.165, 1.54) is 0 Å². The zero-order chi connectivity index (χ0) is 21.1. The van der Waals surface area contributed by atoms with Crippen LogP contribution in [0.2, 0.25) is 0 Å². The Bertz CT molecular complexity index is 287. The monoisotopic (exact) mass is 356 g/mol. The fourth-order valence-electron chi connectivity index (χ4n) is 0.354. The van der Waals surface area contributed by atoms with E-state index >= 15 is 0 Å². The molecule has 0 spiro atoms. The molecule has 0 heterocycles. The van der Waals surface area contributed by atoms with Crippen molar-refractivity contribution in [3.05, 3.63) is 0 Å². The zero-order valence-electron chi connectivity index (χ0n) is 15.4. The van der Waals surface area contributed by atoms with Gasteiger partial charge in [0.1, 0.15) is 0 Å². The largest absolute Gasteiger partial charge is 0.481 e. The summed E-state index contributed by atoms with van der Waals surface area (Å²) in [4.78, 5) is 36.0. The smallest absolute Gasteiger partial charge is 0.300 e. The first kappa shape index (κ1) is 33.4. The molecular weight excluding hydrogens is 324 g/mol. The van der Waals surface area contributed by atoms with E-state index in [-0.39, 0.29) is 11.5 Å². The van der Waals surface area contributed by atoms with E-state index in [9.17, 15) is 0 Å². The summed E-state index contributed by atoms with van der Waals surface area (Å²) in [5.74, 6) is -3.33. The molecule has 0 aliphatic heterocycles. The summed E-state index contributed by atoms with van der Waals surface area (Å²) >= 11 is 0. The average Bonchev–Trinajstić information content (AvgIpc) is 2.23. The van der Waals surface area contributed by atoms with Crippen molar-refractivity contribution in [2.45, 2.75) is 54.5 Å². The highest BCUT2D eigenvalue weighted by atomic mass is 16.4. The number of hydrogen-bond donors (Lipinski definition) is 6. The second-order valence-electron chi connectivity index (χ2n) is 5.28. The Morgan fingerprint density at radius 3 is 0.875 bits per heavy atom. The van der Waals surface area contributed by atoms with Crippen LogP contribution >= 0.6 is 0 Å². The van der Waals surface area contributed by atoms with Crippen LogP contribution in [-0.2, 0) is 19.2 Å². The Balaban J connectivity index is -0.0000000657. The number of carboxylic acids is 4. The molecule has 10 nitrogen and oxygen atoms in total. The van der Waals surface area contributed by atoms with Gasteiger partial charge in [-0.1, -0.05) is 20.8 Å².